The lowest BCUT2D eigenvalue weighted by molar-refractivity contribution is -0.118. The molecule has 1 saturated heterocycles. The summed E-state index contributed by atoms with van der Waals surface area (Å²) in [4.78, 5) is 22.7. The molecule has 0 bridgehead atoms. The standard InChI is InChI=1S/C20H20FN3O5/c1-2-27-18-11-14(12-22-24-13-19(25)23-20(24)26)3-8-17(18)29-10-9-28-16-6-4-15(21)5-7-16/h3-8,11-12H,2,9-10,13H2,1H3,(H,23,25,26)/b22-12-. The van der Waals surface area contributed by atoms with Gasteiger partial charge in [-0.1, -0.05) is 0 Å². The molecule has 3 amide bonds. The fourth-order valence-corrected chi connectivity index (χ4v) is 2.50. The second-order valence-corrected chi connectivity index (χ2v) is 5.95. The molecule has 0 atom stereocenters. The second kappa shape index (κ2) is 9.54. The van der Waals surface area contributed by atoms with E-state index in [1.165, 1.54) is 18.3 Å². The molecular formula is C20H20FN3O5. The number of nitrogens with one attached hydrogen (secondary N) is 1. The van der Waals surface area contributed by atoms with Crippen LogP contribution < -0.4 is 19.5 Å². The maximum Gasteiger partial charge on any atom is 0.344 e. The van der Waals surface area contributed by atoms with Crippen LogP contribution in [0.2, 0.25) is 0 Å². The van der Waals surface area contributed by atoms with Crippen molar-refractivity contribution in [3.8, 4) is 17.2 Å². The van der Waals surface area contributed by atoms with Crippen molar-refractivity contribution in [3.05, 3.63) is 53.8 Å². The van der Waals surface area contributed by atoms with Crippen LogP contribution in [-0.2, 0) is 4.79 Å². The zero-order valence-electron chi connectivity index (χ0n) is 15.8. The van der Waals surface area contributed by atoms with Gasteiger partial charge in [-0.3, -0.25) is 10.1 Å². The lowest BCUT2D eigenvalue weighted by atomic mass is 10.2. The molecule has 152 valence electrons. The van der Waals surface area contributed by atoms with Crippen molar-refractivity contribution < 1.29 is 28.2 Å². The predicted octanol–water partition coefficient (Wildman–Crippen LogP) is 2.57. The Morgan fingerprint density at radius 1 is 1.07 bits per heavy atom. The quantitative estimate of drug-likeness (QED) is 0.396. The van der Waals surface area contributed by atoms with Gasteiger partial charge in [-0.2, -0.15) is 5.10 Å². The molecule has 9 heteroatoms. The number of amides is 3. The Morgan fingerprint density at radius 3 is 2.52 bits per heavy atom. The highest BCUT2D eigenvalue weighted by molar-refractivity contribution is 6.02. The van der Waals surface area contributed by atoms with E-state index in [-0.39, 0.29) is 25.6 Å². The summed E-state index contributed by atoms with van der Waals surface area (Å²) < 4.78 is 29.7. The summed E-state index contributed by atoms with van der Waals surface area (Å²) in [6.07, 6.45) is 1.46. The van der Waals surface area contributed by atoms with Crippen LogP contribution in [0.3, 0.4) is 0 Å². The number of hydrogen-bond acceptors (Lipinski definition) is 6. The van der Waals surface area contributed by atoms with Crippen molar-refractivity contribution in [1.82, 2.24) is 10.3 Å². The molecule has 3 rings (SSSR count). The van der Waals surface area contributed by atoms with Gasteiger partial charge in [0.25, 0.3) is 0 Å². The minimum Gasteiger partial charge on any atom is -0.490 e. The first kappa shape index (κ1) is 20.1. The highest BCUT2D eigenvalue weighted by Crippen LogP contribution is 2.28. The first-order valence-corrected chi connectivity index (χ1v) is 8.98. The summed E-state index contributed by atoms with van der Waals surface area (Å²) in [5, 5.41) is 7.19. The molecule has 1 fully saturated rings. The highest BCUT2D eigenvalue weighted by Gasteiger charge is 2.25. The number of carbonyl (C=O) groups is 2. The van der Waals surface area contributed by atoms with Crippen molar-refractivity contribution in [2.75, 3.05) is 26.4 Å². The molecule has 0 aliphatic carbocycles. The Hall–Kier alpha value is -3.62. The molecular weight excluding hydrogens is 381 g/mol. The Morgan fingerprint density at radius 2 is 1.83 bits per heavy atom. The third-order valence-corrected chi connectivity index (χ3v) is 3.81. The summed E-state index contributed by atoms with van der Waals surface area (Å²) in [6.45, 7) is 2.72. The van der Waals surface area contributed by atoms with Crippen LogP contribution in [0.4, 0.5) is 9.18 Å². The Labute approximate surface area is 166 Å². The van der Waals surface area contributed by atoms with Crippen molar-refractivity contribution in [1.29, 1.82) is 0 Å². The van der Waals surface area contributed by atoms with Crippen molar-refractivity contribution >= 4 is 18.2 Å². The first-order valence-electron chi connectivity index (χ1n) is 8.98. The minimum atomic E-state index is -0.558. The number of carbonyl (C=O) groups excluding carboxylic acids is 2. The molecule has 0 radical (unpaired) electrons. The molecule has 0 aromatic heterocycles. The predicted molar refractivity (Wildman–Crippen MR) is 103 cm³/mol. The number of imide groups is 1. The van der Waals surface area contributed by atoms with Gasteiger partial charge in [-0.15, -0.1) is 0 Å². The summed E-state index contributed by atoms with van der Waals surface area (Å²) >= 11 is 0. The van der Waals surface area contributed by atoms with Gasteiger partial charge in [-0.05, 0) is 55.0 Å². The van der Waals surface area contributed by atoms with Gasteiger partial charge < -0.3 is 14.2 Å². The van der Waals surface area contributed by atoms with E-state index in [9.17, 15) is 14.0 Å². The topological polar surface area (TPSA) is 89.5 Å². The van der Waals surface area contributed by atoms with Gasteiger partial charge in [0.2, 0.25) is 5.91 Å². The van der Waals surface area contributed by atoms with Crippen LogP contribution in [0, 0.1) is 5.82 Å². The number of hydrogen-bond donors (Lipinski definition) is 1. The van der Waals surface area contributed by atoms with E-state index in [4.69, 9.17) is 14.2 Å². The van der Waals surface area contributed by atoms with Gasteiger partial charge in [-0.25, -0.2) is 14.2 Å². The van der Waals surface area contributed by atoms with Gasteiger partial charge >= 0.3 is 6.03 Å². The van der Waals surface area contributed by atoms with E-state index < -0.39 is 11.9 Å². The van der Waals surface area contributed by atoms with Crippen LogP contribution >= 0.6 is 0 Å². The number of halogens is 1. The van der Waals surface area contributed by atoms with Crippen LogP contribution in [0.1, 0.15) is 12.5 Å². The number of benzene rings is 2. The minimum absolute atomic E-state index is 0.108. The third kappa shape index (κ3) is 5.68. The normalized spacial score (nSPS) is 13.7. The summed E-state index contributed by atoms with van der Waals surface area (Å²) in [5.74, 6) is 0.876. The monoisotopic (exact) mass is 401 g/mol. The maximum absolute atomic E-state index is 12.9. The van der Waals surface area contributed by atoms with Gasteiger partial charge in [0.15, 0.2) is 11.5 Å². The van der Waals surface area contributed by atoms with Crippen LogP contribution in [0.5, 0.6) is 17.2 Å². The molecule has 29 heavy (non-hydrogen) atoms. The number of rotatable bonds is 9. The van der Waals surface area contributed by atoms with Crippen LogP contribution in [0.15, 0.2) is 47.6 Å². The number of hydrazone groups is 1. The zero-order valence-corrected chi connectivity index (χ0v) is 15.8. The lowest BCUT2D eigenvalue weighted by Gasteiger charge is -2.13. The van der Waals surface area contributed by atoms with E-state index in [0.717, 1.165) is 5.01 Å². The molecule has 0 spiro atoms. The fourth-order valence-electron chi connectivity index (χ4n) is 2.50. The molecule has 1 N–H and O–H groups in total. The van der Waals surface area contributed by atoms with Crippen molar-refractivity contribution in [2.24, 2.45) is 5.10 Å². The Balaban J connectivity index is 1.57. The molecule has 0 unspecified atom stereocenters. The lowest BCUT2D eigenvalue weighted by Crippen LogP contribution is -2.24. The summed E-state index contributed by atoms with van der Waals surface area (Å²) in [7, 11) is 0. The molecule has 8 nitrogen and oxygen atoms in total. The Bertz CT molecular complexity index is 901. The average Bonchev–Trinajstić information content (AvgIpc) is 3.03. The van der Waals surface area contributed by atoms with E-state index in [0.29, 0.717) is 29.4 Å². The first-order chi connectivity index (χ1) is 14.0. The molecule has 1 heterocycles. The van der Waals surface area contributed by atoms with Crippen molar-refractivity contribution in [3.63, 3.8) is 0 Å². The van der Waals surface area contributed by atoms with Crippen LogP contribution in [0.25, 0.3) is 0 Å². The van der Waals surface area contributed by atoms with Gasteiger partial charge in [0, 0.05) is 0 Å². The number of ether oxygens (including phenoxy) is 3. The highest BCUT2D eigenvalue weighted by atomic mass is 19.1. The largest absolute Gasteiger partial charge is 0.490 e. The average molecular weight is 401 g/mol. The summed E-state index contributed by atoms with van der Waals surface area (Å²) in [6, 6.07) is 10.4. The molecule has 1 aliphatic heterocycles. The fraction of sp³-hybridized carbons (Fsp3) is 0.250. The summed E-state index contributed by atoms with van der Waals surface area (Å²) in [5.41, 5.74) is 0.676. The van der Waals surface area contributed by atoms with Crippen molar-refractivity contribution in [2.45, 2.75) is 6.92 Å². The smallest absolute Gasteiger partial charge is 0.344 e. The SMILES string of the molecule is CCOc1cc(/C=N\N2CC(=O)NC2=O)ccc1OCCOc1ccc(F)cc1. The Kier molecular flexibility index (Phi) is 6.62. The number of nitrogens with zero attached hydrogens (tertiary/aromatic N) is 2. The van der Waals surface area contributed by atoms with E-state index in [1.54, 1.807) is 30.3 Å². The zero-order chi connectivity index (χ0) is 20.6. The molecule has 2 aromatic rings. The van der Waals surface area contributed by atoms with E-state index in [1.807, 2.05) is 6.92 Å². The molecule has 1 aliphatic rings. The van der Waals surface area contributed by atoms with Crippen LogP contribution in [-0.4, -0.2) is 49.5 Å². The second-order valence-electron chi connectivity index (χ2n) is 5.95. The number of urea groups is 1. The van der Waals surface area contributed by atoms with Gasteiger partial charge in [0.1, 0.15) is 31.3 Å². The van der Waals surface area contributed by atoms with E-state index in [2.05, 4.69) is 10.4 Å². The third-order valence-electron chi connectivity index (χ3n) is 3.81. The maximum atomic E-state index is 12.9. The van der Waals surface area contributed by atoms with Gasteiger partial charge in [0.05, 0.1) is 12.8 Å². The molecule has 2 aromatic carbocycles. The molecule has 0 saturated carbocycles. The van der Waals surface area contributed by atoms with E-state index >= 15 is 0 Å².